The minimum atomic E-state index is -1.52. The summed E-state index contributed by atoms with van der Waals surface area (Å²) in [6.45, 7) is -0.533. The Morgan fingerprint density at radius 1 is 0.966 bits per heavy atom. The lowest BCUT2D eigenvalue weighted by atomic mass is 9.99. The fourth-order valence-electron chi connectivity index (χ4n) is 3.67. The number of hydrogen-bond donors (Lipinski definition) is 4. The second-order valence-corrected chi connectivity index (χ2v) is 7.35. The molecule has 0 spiro atoms. The predicted octanol–water partition coefficient (Wildman–Crippen LogP) is 1.83. The van der Waals surface area contributed by atoms with Crippen molar-refractivity contribution in [2.45, 2.75) is 30.7 Å². The number of hydrogen-bond acceptors (Lipinski definition) is 7. The van der Waals surface area contributed by atoms with Crippen molar-refractivity contribution in [1.29, 1.82) is 0 Å². The van der Waals surface area contributed by atoms with Crippen LogP contribution in [0.2, 0.25) is 5.02 Å². The Balaban J connectivity index is 1.73. The molecular weight excluding hydrogens is 400 g/mol. The third-order valence-electron chi connectivity index (χ3n) is 5.17. The molecule has 5 atom stereocenters. The Labute approximate surface area is 171 Å². The molecule has 0 aromatic heterocycles. The Morgan fingerprint density at radius 3 is 2.45 bits per heavy atom. The fourth-order valence-corrected chi connectivity index (χ4v) is 3.98. The van der Waals surface area contributed by atoms with Crippen LogP contribution in [0.25, 0.3) is 21.5 Å². The van der Waals surface area contributed by atoms with Crippen LogP contribution < -0.4 is 9.47 Å². The number of aliphatic hydroxyl groups is 4. The Hall–Kier alpha value is -2.13. The molecule has 0 amide bonds. The van der Waals surface area contributed by atoms with Crippen LogP contribution in [0, 0.1) is 0 Å². The first-order chi connectivity index (χ1) is 13.9. The Bertz CT molecular complexity index is 1040. The number of methoxy groups -OCH3 is 1. The molecule has 1 aliphatic heterocycles. The topological polar surface area (TPSA) is 109 Å². The number of benzene rings is 3. The van der Waals surface area contributed by atoms with E-state index in [0.717, 1.165) is 21.5 Å². The smallest absolute Gasteiger partial charge is 0.229 e. The standard InChI is InChI=1S/C21H21ClO7/c1-27-14-4-2-3-10-5-6-11-7-12(8-13(22)16(11)17(10)14)28-21-20(26)19(25)18(24)15(9-23)29-21/h2-8,15,18-21,23-26H,9H2,1H3/t15-,18-,19+,20-,21-/m1/s1. The van der Waals surface area contributed by atoms with Gasteiger partial charge in [-0.25, -0.2) is 0 Å². The molecule has 0 saturated carbocycles. The summed E-state index contributed by atoms with van der Waals surface area (Å²) in [7, 11) is 1.60. The maximum atomic E-state index is 10.2. The van der Waals surface area contributed by atoms with E-state index in [4.69, 9.17) is 25.8 Å². The molecule has 154 valence electrons. The molecule has 3 aromatic carbocycles. The van der Waals surface area contributed by atoms with Gasteiger partial charge in [0.25, 0.3) is 0 Å². The zero-order valence-electron chi connectivity index (χ0n) is 15.5. The monoisotopic (exact) mass is 420 g/mol. The molecule has 8 heteroatoms. The summed E-state index contributed by atoms with van der Waals surface area (Å²) in [5.74, 6) is 0.999. The summed E-state index contributed by atoms with van der Waals surface area (Å²) >= 11 is 6.56. The molecule has 0 bridgehead atoms. The van der Waals surface area contributed by atoms with E-state index in [9.17, 15) is 20.4 Å². The number of fused-ring (bicyclic) bond motifs is 3. The highest BCUT2D eigenvalue weighted by Gasteiger charge is 2.44. The Kier molecular flexibility index (Phi) is 5.52. The summed E-state index contributed by atoms with van der Waals surface area (Å²) in [6, 6.07) is 12.9. The zero-order chi connectivity index (χ0) is 20.7. The number of aliphatic hydroxyl groups excluding tert-OH is 4. The highest BCUT2D eigenvalue weighted by molar-refractivity contribution is 6.38. The molecule has 3 aromatic rings. The third kappa shape index (κ3) is 3.50. The van der Waals surface area contributed by atoms with Crippen LogP contribution in [0.4, 0.5) is 0 Å². The van der Waals surface area contributed by atoms with Crippen molar-refractivity contribution in [3.8, 4) is 11.5 Å². The quantitative estimate of drug-likeness (QED) is 0.477. The van der Waals surface area contributed by atoms with Gasteiger partial charge < -0.3 is 34.6 Å². The van der Waals surface area contributed by atoms with Gasteiger partial charge in [0.1, 0.15) is 35.9 Å². The number of rotatable bonds is 4. The van der Waals surface area contributed by atoms with Gasteiger partial charge in [-0.15, -0.1) is 0 Å². The van der Waals surface area contributed by atoms with Crippen LogP contribution in [0.15, 0.2) is 42.5 Å². The van der Waals surface area contributed by atoms with E-state index < -0.39 is 37.3 Å². The fraction of sp³-hybridized carbons (Fsp3) is 0.333. The van der Waals surface area contributed by atoms with Crippen molar-refractivity contribution in [2.24, 2.45) is 0 Å². The van der Waals surface area contributed by atoms with Gasteiger partial charge >= 0.3 is 0 Å². The second kappa shape index (κ2) is 7.95. The molecule has 0 radical (unpaired) electrons. The van der Waals surface area contributed by atoms with Crippen LogP contribution in [-0.2, 0) is 4.74 Å². The third-order valence-corrected chi connectivity index (χ3v) is 5.46. The first kappa shape index (κ1) is 20.2. The highest BCUT2D eigenvalue weighted by atomic mass is 35.5. The van der Waals surface area contributed by atoms with Gasteiger partial charge in [-0.2, -0.15) is 0 Å². The summed E-state index contributed by atoms with van der Waals surface area (Å²) < 4.78 is 16.6. The lowest BCUT2D eigenvalue weighted by Gasteiger charge is -2.39. The van der Waals surface area contributed by atoms with Gasteiger partial charge in [0.2, 0.25) is 6.29 Å². The molecule has 1 aliphatic rings. The predicted molar refractivity (Wildman–Crippen MR) is 107 cm³/mol. The van der Waals surface area contributed by atoms with Crippen molar-refractivity contribution in [3.05, 3.63) is 47.5 Å². The van der Waals surface area contributed by atoms with E-state index in [1.165, 1.54) is 0 Å². The molecule has 1 fully saturated rings. The number of ether oxygens (including phenoxy) is 3. The average molecular weight is 421 g/mol. The minimum Gasteiger partial charge on any atom is -0.496 e. The summed E-state index contributed by atoms with van der Waals surface area (Å²) in [6.07, 6.45) is -6.81. The van der Waals surface area contributed by atoms with Crippen molar-refractivity contribution in [2.75, 3.05) is 13.7 Å². The largest absolute Gasteiger partial charge is 0.496 e. The molecule has 1 heterocycles. The van der Waals surface area contributed by atoms with Gasteiger partial charge in [-0.1, -0.05) is 35.9 Å². The molecule has 0 unspecified atom stereocenters. The second-order valence-electron chi connectivity index (χ2n) is 6.94. The van der Waals surface area contributed by atoms with Crippen LogP contribution >= 0.6 is 11.6 Å². The first-order valence-electron chi connectivity index (χ1n) is 9.10. The van der Waals surface area contributed by atoms with Gasteiger partial charge in [0, 0.05) is 10.8 Å². The molecule has 29 heavy (non-hydrogen) atoms. The normalized spacial score (nSPS) is 27.3. The lowest BCUT2D eigenvalue weighted by molar-refractivity contribution is -0.277. The lowest BCUT2D eigenvalue weighted by Crippen LogP contribution is -2.60. The molecular formula is C21H21ClO7. The summed E-state index contributed by atoms with van der Waals surface area (Å²) in [5, 5.41) is 43.2. The van der Waals surface area contributed by atoms with Crippen molar-refractivity contribution < 1.29 is 34.6 Å². The van der Waals surface area contributed by atoms with Gasteiger partial charge in [-0.3, -0.25) is 0 Å². The molecule has 4 N–H and O–H groups in total. The van der Waals surface area contributed by atoms with E-state index in [1.54, 1.807) is 19.2 Å². The van der Waals surface area contributed by atoms with E-state index in [2.05, 4.69) is 0 Å². The molecule has 7 nitrogen and oxygen atoms in total. The summed E-state index contributed by atoms with van der Waals surface area (Å²) in [5.41, 5.74) is 0. The van der Waals surface area contributed by atoms with E-state index in [1.807, 2.05) is 30.3 Å². The molecule has 1 saturated heterocycles. The van der Waals surface area contributed by atoms with Crippen molar-refractivity contribution in [3.63, 3.8) is 0 Å². The van der Waals surface area contributed by atoms with Crippen molar-refractivity contribution in [1.82, 2.24) is 0 Å². The maximum absolute atomic E-state index is 10.2. The zero-order valence-corrected chi connectivity index (χ0v) is 16.3. The van der Waals surface area contributed by atoms with Crippen molar-refractivity contribution >= 4 is 33.1 Å². The first-order valence-corrected chi connectivity index (χ1v) is 9.48. The van der Waals surface area contributed by atoms with Gasteiger partial charge in [-0.05, 0) is 29.0 Å². The van der Waals surface area contributed by atoms with E-state index in [0.29, 0.717) is 16.5 Å². The van der Waals surface area contributed by atoms with Gasteiger partial charge in [0.15, 0.2) is 0 Å². The maximum Gasteiger partial charge on any atom is 0.229 e. The number of halogens is 1. The van der Waals surface area contributed by atoms with Gasteiger partial charge in [0.05, 0.1) is 18.7 Å². The summed E-state index contributed by atoms with van der Waals surface area (Å²) in [4.78, 5) is 0. The average Bonchev–Trinajstić information content (AvgIpc) is 2.73. The van der Waals surface area contributed by atoms with Crippen LogP contribution in [-0.4, -0.2) is 64.8 Å². The van der Waals surface area contributed by atoms with E-state index >= 15 is 0 Å². The Morgan fingerprint density at radius 2 is 1.72 bits per heavy atom. The molecule has 0 aliphatic carbocycles. The van der Waals surface area contributed by atoms with Crippen LogP contribution in [0.3, 0.4) is 0 Å². The molecule has 4 rings (SSSR count). The van der Waals surface area contributed by atoms with E-state index in [-0.39, 0.29) is 0 Å². The van der Waals surface area contributed by atoms with Crippen LogP contribution in [0.5, 0.6) is 11.5 Å². The minimum absolute atomic E-state index is 0.307. The highest BCUT2D eigenvalue weighted by Crippen LogP contribution is 2.39. The SMILES string of the molecule is COc1cccc2ccc3cc(O[C@@H]4O[C@H](CO)[C@@H](O)[C@H](O)[C@H]4O)cc(Cl)c3c12. The van der Waals surface area contributed by atoms with Crippen LogP contribution in [0.1, 0.15) is 0 Å².